The molecule has 9 heteroatoms. The number of piperidine rings is 1. The fourth-order valence-electron chi connectivity index (χ4n) is 6.14. The second-order valence-electron chi connectivity index (χ2n) is 10.5. The molecule has 2 saturated heterocycles. The topological polar surface area (TPSA) is 82.2 Å². The van der Waals surface area contributed by atoms with E-state index in [1.807, 2.05) is 34.9 Å². The van der Waals surface area contributed by atoms with Gasteiger partial charge in [-0.3, -0.25) is 19.4 Å². The minimum absolute atomic E-state index is 0.0730. The van der Waals surface area contributed by atoms with Crippen LogP contribution in [-0.2, 0) is 19.6 Å². The third kappa shape index (κ3) is 5.06. The SMILES string of the molecule is O=c1cc(CN2C[C@H]3C[C@@H](C2)c2cccc(=O)n2C3)oc(CN2CCN(c3ccc(Cl)cc3)CC2)c1O. The first kappa shape index (κ1) is 24.3. The Hall–Kier alpha value is -3.07. The summed E-state index contributed by atoms with van der Waals surface area (Å²) in [5.41, 5.74) is 1.91. The van der Waals surface area contributed by atoms with Gasteiger partial charge >= 0.3 is 0 Å². The van der Waals surface area contributed by atoms with Gasteiger partial charge in [0.05, 0.1) is 13.1 Å². The third-order valence-electron chi connectivity index (χ3n) is 7.91. The van der Waals surface area contributed by atoms with E-state index in [1.165, 1.54) is 6.07 Å². The van der Waals surface area contributed by atoms with Crippen LogP contribution in [0.25, 0.3) is 0 Å². The van der Waals surface area contributed by atoms with E-state index in [9.17, 15) is 14.7 Å². The van der Waals surface area contributed by atoms with Crippen molar-refractivity contribution in [1.29, 1.82) is 0 Å². The number of benzene rings is 1. The number of anilines is 1. The largest absolute Gasteiger partial charge is 0.502 e. The maximum absolute atomic E-state index is 12.6. The molecule has 0 unspecified atom stereocenters. The first-order valence-corrected chi connectivity index (χ1v) is 13.3. The molecule has 37 heavy (non-hydrogen) atoms. The molecule has 0 spiro atoms. The summed E-state index contributed by atoms with van der Waals surface area (Å²) >= 11 is 6.01. The van der Waals surface area contributed by atoms with Crippen LogP contribution in [0.15, 0.2) is 62.5 Å². The van der Waals surface area contributed by atoms with Crippen molar-refractivity contribution < 1.29 is 9.52 Å². The molecule has 2 atom stereocenters. The number of nitrogens with zero attached hydrogens (tertiary/aromatic N) is 4. The van der Waals surface area contributed by atoms with Crippen LogP contribution in [0.5, 0.6) is 5.75 Å². The maximum atomic E-state index is 12.6. The number of pyridine rings is 1. The van der Waals surface area contributed by atoms with Gasteiger partial charge in [0.1, 0.15) is 5.76 Å². The molecule has 194 valence electrons. The Balaban J connectivity index is 1.12. The van der Waals surface area contributed by atoms with E-state index in [4.69, 9.17) is 16.0 Å². The van der Waals surface area contributed by atoms with Crippen molar-refractivity contribution in [2.75, 3.05) is 44.2 Å². The highest BCUT2D eigenvalue weighted by Gasteiger charge is 2.34. The number of piperazine rings is 1. The van der Waals surface area contributed by atoms with Gasteiger partial charge in [-0.05, 0) is 42.7 Å². The van der Waals surface area contributed by atoms with Gasteiger partial charge in [0.25, 0.3) is 5.56 Å². The number of aromatic hydroxyl groups is 1. The van der Waals surface area contributed by atoms with Gasteiger partial charge in [-0.15, -0.1) is 0 Å². The number of rotatable bonds is 5. The number of likely N-dealkylation sites (tertiary alicyclic amines) is 1. The van der Waals surface area contributed by atoms with Crippen molar-refractivity contribution >= 4 is 17.3 Å². The lowest BCUT2D eigenvalue weighted by Gasteiger charge is -2.42. The van der Waals surface area contributed by atoms with Crippen LogP contribution in [0, 0.1) is 5.92 Å². The van der Waals surface area contributed by atoms with E-state index < -0.39 is 5.43 Å². The number of aromatic nitrogens is 1. The summed E-state index contributed by atoms with van der Waals surface area (Å²) in [5, 5.41) is 11.2. The van der Waals surface area contributed by atoms with Crippen LogP contribution in [0.2, 0.25) is 5.02 Å². The average molecular weight is 523 g/mol. The van der Waals surface area contributed by atoms with E-state index in [0.717, 1.165) is 68.6 Å². The Morgan fingerprint density at radius 2 is 1.70 bits per heavy atom. The summed E-state index contributed by atoms with van der Waals surface area (Å²) in [7, 11) is 0. The molecule has 3 aliphatic heterocycles. The summed E-state index contributed by atoms with van der Waals surface area (Å²) in [6, 6.07) is 14.8. The molecule has 2 fully saturated rings. The van der Waals surface area contributed by atoms with Gasteiger partial charge in [0.15, 0.2) is 5.76 Å². The summed E-state index contributed by atoms with van der Waals surface area (Å²) in [5.74, 6) is 1.29. The third-order valence-corrected chi connectivity index (χ3v) is 8.16. The Bertz CT molecular complexity index is 1390. The highest BCUT2D eigenvalue weighted by Crippen LogP contribution is 2.35. The maximum Gasteiger partial charge on any atom is 0.250 e. The Kier molecular flexibility index (Phi) is 6.56. The molecule has 1 aromatic carbocycles. The average Bonchev–Trinajstić information content (AvgIpc) is 2.89. The molecule has 3 aromatic rings. The molecule has 0 amide bonds. The van der Waals surface area contributed by atoms with Crippen molar-refractivity contribution in [2.24, 2.45) is 5.92 Å². The fraction of sp³-hybridized carbons (Fsp3) is 0.429. The second kappa shape index (κ2) is 10.0. The molecule has 2 bridgehead atoms. The summed E-state index contributed by atoms with van der Waals surface area (Å²) in [6.07, 6.45) is 1.08. The first-order chi connectivity index (χ1) is 17.9. The molecular formula is C28H31ClN4O4. The second-order valence-corrected chi connectivity index (χ2v) is 10.9. The number of fused-ring (bicyclic) bond motifs is 4. The minimum Gasteiger partial charge on any atom is -0.502 e. The lowest BCUT2D eigenvalue weighted by atomic mass is 9.83. The smallest absolute Gasteiger partial charge is 0.250 e. The molecule has 0 radical (unpaired) electrons. The van der Waals surface area contributed by atoms with Crippen LogP contribution >= 0.6 is 11.6 Å². The van der Waals surface area contributed by atoms with E-state index in [1.54, 1.807) is 6.07 Å². The zero-order chi connectivity index (χ0) is 25.5. The van der Waals surface area contributed by atoms with Crippen molar-refractivity contribution in [3.8, 4) is 5.75 Å². The van der Waals surface area contributed by atoms with Crippen LogP contribution in [0.3, 0.4) is 0 Å². The molecule has 8 nitrogen and oxygen atoms in total. The molecule has 3 aliphatic rings. The van der Waals surface area contributed by atoms with Gasteiger partial charge in [0.2, 0.25) is 11.2 Å². The molecular weight excluding hydrogens is 492 g/mol. The van der Waals surface area contributed by atoms with Crippen molar-refractivity contribution in [2.45, 2.75) is 32.0 Å². The standard InChI is InChI=1S/C28H31ClN4O4/c29-21-4-6-22(7-5-21)32-10-8-30(9-11-32)18-26-28(36)25(34)13-23(37-26)17-31-14-19-12-20(16-31)24-2-1-3-27(35)33(24)15-19/h1-7,13,19-20,36H,8-12,14-18H2/t19-,20+/m1/s1. The highest BCUT2D eigenvalue weighted by atomic mass is 35.5. The van der Waals surface area contributed by atoms with Gasteiger partial charge in [0, 0.05) is 80.3 Å². The summed E-state index contributed by atoms with van der Waals surface area (Å²) in [4.78, 5) is 31.7. The molecule has 6 rings (SSSR count). The quantitative estimate of drug-likeness (QED) is 0.551. The molecule has 0 saturated carbocycles. The van der Waals surface area contributed by atoms with Crippen LogP contribution in [-0.4, -0.2) is 58.7 Å². The molecule has 0 aliphatic carbocycles. The van der Waals surface area contributed by atoms with Gasteiger partial charge < -0.3 is 19.0 Å². The van der Waals surface area contributed by atoms with Crippen molar-refractivity contribution in [3.63, 3.8) is 0 Å². The number of hydrogen-bond donors (Lipinski definition) is 1. The van der Waals surface area contributed by atoms with Gasteiger partial charge in [-0.1, -0.05) is 17.7 Å². The summed E-state index contributed by atoms with van der Waals surface area (Å²) < 4.78 is 8.03. The monoisotopic (exact) mass is 522 g/mol. The zero-order valence-electron chi connectivity index (χ0n) is 20.7. The Labute approximate surface area is 220 Å². The molecule has 1 N–H and O–H groups in total. The Morgan fingerprint density at radius 3 is 2.49 bits per heavy atom. The van der Waals surface area contributed by atoms with Crippen LogP contribution < -0.4 is 15.9 Å². The zero-order valence-corrected chi connectivity index (χ0v) is 21.4. The summed E-state index contributed by atoms with van der Waals surface area (Å²) in [6.45, 7) is 6.57. The lowest BCUT2D eigenvalue weighted by molar-refractivity contribution is 0.105. The van der Waals surface area contributed by atoms with Crippen LogP contribution in [0.1, 0.15) is 29.6 Å². The van der Waals surface area contributed by atoms with E-state index in [0.29, 0.717) is 36.4 Å². The predicted octanol–water partition coefficient (Wildman–Crippen LogP) is 3.10. The van der Waals surface area contributed by atoms with E-state index in [-0.39, 0.29) is 11.3 Å². The van der Waals surface area contributed by atoms with Crippen molar-refractivity contribution in [1.82, 2.24) is 14.4 Å². The first-order valence-electron chi connectivity index (χ1n) is 12.9. The van der Waals surface area contributed by atoms with Crippen LogP contribution in [0.4, 0.5) is 5.69 Å². The Morgan fingerprint density at radius 1 is 0.919 bits per heavy atom. The number of hydrogen-bond acceptors (Lipinski definition) is 7. The predicted molar refractivity (Wildman–Crippen MR) is 142 cm³/mol. The van der Waals surface area contributed by atoms with Gasteiger partial charge in [-0.25, -0.2) is 0 Å². The highest BCUT2D eigenvalue weighted by molar-refractivity contribution is 6.30. The lowest BCUT2D eigenvalue weighted by Crippen LogP contribution is -2.46. The van der Waals surface area contributed by atoms with E-state index in [2.05, 4.69) is 20.8 Å². The fourth-order valence-corrected chi connectivity index (χ4v) is 6.26. The van der Waals surface area contributed by atoms with Crippen molar-refractivity contribution in [3.05, 3.63) is 91.3 Å². The van der Waals surface area contributed by atoms with E-state index >= 15 is 0 Å². The molecule has 2 aromatic heterocycles. The van der Waals surface area contributed by atoms with Gasteiger partial charge in [-0.2, -0.15) is 0 Å². The number of halogens is 1. The molecule has 5 heterocycles. The minimum atomic E-state index is -0.398. The normalized spacial score (nSPS) is 22.1.